The van der Waals surface area contributed by atoms with Crippen LogP contribution in [0.2, 0.25) is 0 Å². The zero-order chi connectivity index (χ0) is 21.7. The number of rotatable bonds is 6. The van der Waals surface area contributed by atoms with Gasteiger partial charge in [-0.3, -0.25) is 9.59 Å². The van der Waals surface area contributed by atoms with E-state index in [1.54, 1.807) is 0 Å². The van der Waals surface area contributed by atoms with E-state index in [1.165, 1.54) is 17.3 Å². The Hall–Kier alpha value is -3.05. The van der Waals surface area contributed by atoms with Gasteiger partial charge in [0.2, 0.25) is 5.91 Å². The van der Waals surface area contributed by atoms with E-state index in [4.69, 9.17) is 0 Å². The van der Waals surface area contributed by atoms with Crippen molar-refractivity contribution < 1.29 is 9.59 Å². The molecule has 0 bridgehead atoms. The minimum atomic E-state index is -0.251. The number of hydrogen-bond acceptors (Lipinski definition) is 3. The molecule has 0 aromatic heterocycles. The largest absolute Gasteiger partial charge is 0.325 e. The lowest BCUT2D eigenvalue weighted by Gasteiger charge is -2.13. The molecule has 3 rings (SSSR count). The molecule has 0 aliphatic heterocycles. The molecule has 0 aliphatic rings. The van der Waals surface area contributed by atoms with Gasteiger partial charge in [0.25, 0.3) is 5.91 Å². The van der Waals surface area contributed by atoms with E-state index in [1.807, 2.05) is 94.4 Å². The Morgan fingerprint density at radius 1 is 0.767 bits per heavy atom. The summed E-state index contributed by atoms with van der Waals surface area (Å²) in [5, 5.41) is 5.64. The van der Waals surface area contributed by atoms with E-state index in [0.29, 0.717) is 5.56 Å². The van der Waals surface area contributed by atoms with Crippen LogP contribution in [0.15, 0.2) is 71.6 Å². The standard InChI is InChI=1S/C25H26N2O2S/c1-16-9-10-21(15-18(16)3)27-24(28)19(4)30-22-13-11-20(12-14-22)26-25(29)23-8-6-5-7-17(23)2/h5-15,19H,1-4H3,(H,26,29)(H,27,28). The van der Waals surface area contributed by atoms with Crippen LogP contribution in [0.4, 0.5) is 11.4 Å². The van der Waals surface area contributed by atoms with Crippen LogP contribution in [0.3, 0.4) is 0 Å². The van der Waals surface area contributed by atoms with Crippen molar-refractivity contribution in [3.05, 3.63) is 89.0 Å². The summed E-state index contributed by atoms with van der Waals surface area (Å²) in [5.41, 5.74) is 5.48. The summed E-state index contributed by atoms with van der Waals surface area (Å²) in [6.07, 6.45) is 0. The first-order chi connectivity index (χ1) is 14.3. The molecule has 1 atom stereocenters. The first kappa shape index (κ1) is 21.7. The quantitative estimate of drug-likeness (QED) is 0.484. The maximum atomic E-state index is 12.5. The SMILES string of the molecule is Cc1ccc(NC(=O)C(C)Sc2ccc(NC(=O)c3ccccc3C)cc2)cc1C. The lowest BCUT2D eigenvalue weighted by Crippen LogP contribution is -2.22. The zero-order valence-electron chi connectivity index (χ0n) is 17.7. The number of carbonyl (C=O) groups is 2. The summed E-state index contributed by atoms with van der Waals surface area (Å²) in [6.45, 7) is 7.88. The summed E-state index contributed by atoms with van der Waals surface area (Å²) < 4.78 is 0. The van der Waals surface area contributed by atoms with Crippen molar-refractivity contribution in [2.45, 2.75) is 37.8 Å². The smallest absolute Gasteiger partial charge is 0.255 e. The molecule has 154 valence electrons. The Kier molecular flexibility index (Phi) is 6.95. The van der Waals surface area contributed by atoms with Crippen LogP contribution in [-0.4, -0.2) is 17.1 Å². The van der Waals surface area contributed by atoms with Crippen LogP contribution >= 0.6 is 11.8 Å². The Bertz CT molecular complexity index is 1060. The average Bonchev–Trinajstić information content (AvgIpc) is 2.72. The average molecular weight is 419 g/mol. The zero-order valence-corrected chi connectivity index (χ0v) is 18.5. The Morgan fingerprint density at radius 2 is 1.43 bits per heavy atom. The second-order valence-electron chi connectivity index (χ2n) is 7.34. The highest BCUT2D eigenvalue weighted by Crippen LogP contribution is 2.26. The van der Waals surface area contributed by atoms with Gasteiger partial charge in [-0.1, -0.05) is 24.3 Å². The van der Waals surface area contributed by atoms with Crippen molar-refractivity contribution in [2.24, 2.45) is 0 Å². The summed E-state index contributed by atoms with van der Waals surface area (Å²) in [7, 11) is 0. The van der Waals surface area contributed by atoms with Gasteiger partial charge in [0.1, 0.15) is 0 Å². The highest BCUT2D eigenvalue weighted by atomic mass is 32.2. The number of benzene rings is 3. The lowest BCUT2D eigenvalue weighted by molar-refractivity contribution is -0.115. The molecule has 30 heavy (non-hydrogen) atoms. The second kappa shape index (κ2) is 9.63. The maximum Gasteiger partial charge on any atom is 0.255 e. The number of anilines is 2. The van der Waals surface area contributed by atoms with E-state index in [2.05, 4.69) is 10.6 Å². The fourth-order valence-corrected chi connectivity index (χ4v) is 3.83. The number of nitrogens with one attached hydrogen (secondary N) is 2. The van der Waals surface area contributed by atoms with Crippen molar-refractivity contribution in [3.63, 3.8) is 0 Å². The molecular weight excluding hydrogens is 392 g/mol. The van der Waals surface area contributed by atoms with Gasteiger partial charge in [-0.25, -0.2) is 0 Å². The molecule has 0 fully saturated rings. The van der Waals surface area contributed by atoms with Gasteiger partial charge in [-0.05, 0) is 86.8 Å². The molecule has 0 spiro atoms. The molecule has 3 aromatic carbocycles. The highest BCUT2D eigenvalue weighted by molar-refractivity contribution is 8.00. The van der Waals surface area contributed by atoms with Crippen LogP contribution in [0.1, 0.15) is 34.0 Å². The van der Waals surface area contributed by atoms with Gasteiger partial charge in [0, 0.05) is 21.8 Å². The number of amides is 2. The monoisotopic (exact) mass is 418 g/mol. The van der Waals surface area contributed by atoms with E-state index in [0.717, 1.165) is 27.4 Å². The minimum Gasteiger partial charge on any atom is -0.325 e. The van der Waals surface area contributed by atoms with Gasteiger partial charge in [-0.2, -0.15) is 0 Å². The maximum absolute atomic E-state index is 12.5. The van der Waals surface area contributed by atoms with Crippen molar-refractivity contribution in [3.8, 4) is 0 Å². The third-order valence-corrected chi connectivity index (χ3v) is 6.07. The Morgan fingerprint density at radius 3 is 2.10 bits per heavy atom. The van der Waals surface area contributed by atoms with Crippen LogP contribution in [0, 0.1) is 20.8 Å². The number of carbonyl (C=O) groups excluding carboxylic acids is 2. The molecular formula is C25H26N2O2S. The van der Waals surface area contributed by atoms with Gasteiger partial charge in [-0.15, -0.1) is 11.8 Å². The third kappa shape index (κ3) is 5.51. The number of aryl methyl sites for hydroxylation is 3. The summed E-state index contributed by atoms with van der Waals surface area (Å²) in [4.78, 5) is 25.9. The predicted molar refractivity (Wildman–Crippen MR) is 125 cm³/mol. The van der Waals surface area contributed by atoms with Gasteiger partial charge in [0.15, 0.2) is 0 Å². The fraction of sp³-hybridized carbons (Fsp3) is 0.200. The highest BCUT2D eigenvalue weighted by Gasteiger charge is 2.15. The molecule has 0 heterocycles. The van der Waals surface area contributed by atoms with E-state index in [-0.39, 0.29) is 17.1 Å². The van der Waals surface area contributed by atoms with Gasteiger partial charge >= 0.3 is 0 Å². The third-order valence-electron chi connectivity index (χ3n) is 4.96. The number of hydrogen-bond donors (Lipinski definition) is 2. The minimum absolute atomic E-state index is 0.0415. The Balaban J connectivity index is 1.58. The van der Waals surface area contributed by atoms with E-state index < -0.39 is 0 Å². The Labute approximate surface area is 182 Å². The van der Waals surface area contributed by atoms with Crippen molar-refractivity contribution >= 4 is 35.0 Å². The lowest BCUT2D eigenvalue weighted by atomic mass is 10.1. The first-order valence-electron chi connectivity index (χ1n) is 9.85. The molecule has 3 aromatic rings. The van der Waals surface area contributed by atoms with Crippen LogP contribution < -0.4 is 10.6 Å². The molecule has 2 amide bonds. The number of thioether (sulfide) groups is 1. The second-order valence-corrected chi connectivity index (χ2v) is 8.76. The molecule has 2 N–H and O–H groups in total. The topological polar surface area (TPSA) is 58.2 Å². The first-order valence-corrected chi connectivity index (χ1v) is 10.7. The van der Waals surface area contributed by atoms with E-state index >= 15 is 0 Å². The predicted octanol–water partition coefficient (Wildman–Crippen LogP) is 5.98. The normalized spacial score (nSPS) is 11.6. The summed E-state index contributed by atoms with van der Waals surface area (Å²) in [5.74, 6) is -0.171. The van der Waals surface area contributed by atoms with Crippen molar-refractivity contribution in [1.82, 2.24) is 0 Å². The van der Waals surface area contributed by atoms with Crippen LogP contribution in [0.25, 0.3) is 0 Å². The molecule has 0 radical (unpaired) electrons. The van der Waals surface area contributed by atoms with Crippen molar-refractivity contribution in [2.75, 3.05) is 10.6 Å². The van der Waals surface area contributed by atoms with Crippen LogP contribution in [0.5, 0.6) is 0 Å². The molecule has 5 heteroatoms. The van der Waals surface area contributed by atoms with Crippen LogP contribution in [-0.2, 0) is 4.79 Å². The molecule has 0 saturated carbocycles. The molecule has 1 unspecified atom stereocenters. The molecule has 0 saturated heterocycles. The van der Waals surface area contributed by atoms with E-state index in [9.17, 15) is 9.59 Å². The molecule has 0 aliphatic carbocycles. The van der Waals surface area contributed by atoms with Crippen molar-refractivity contribution in [1.29, 1.82) is 0 Å². The molecule has 4 nitrogen and oxygen atoms in total. The van der Waals surface area contributed by atoms with Gasteiger partial charge in [0.05, 0.1) is 5.25 Å². The fourth-order valence-electron chi connectivity index (χ4n) is 2.96. The summed E-state index contributed by atoms with van der Waals surface area (Å²) in [6, 6.07) is 20.9. The van der Waals surface area contributed by atoms with Gasteiger partial charge < -0.3 is 10.6 Å². The summed E-state index contributed by atoms with van der Waals surface area (Å²) >= 11 is 1.48.